The monoisotopic (exact) mass is 293 g/mol. The number of ether oxygens (including phenoxy) is 2. The van der Waals surface area contributed by atoms with Gasteiger partial charge < -0.3 is 14.4 Å². The third-order valence-electron chi connectivity index (χ3n) is 3.16. The lowest BCUT2D eigenvalue weighted by Gasteiger charge is -2.24. The number of amides is 1. The van der Waals surface area contributed by atoms with Gasteiger partial charge in [0.2, 0.25) is 0 Å². The van der Waals surface area contributed by atoms with Gasteiger partial charge in [0.05, 0.1) is 6.61 Å². The zero-order chi connectivity index (χ0) is 15.5. The Balaban J connectivity index is 1.79. The van der Waals surface area contributed by atoms with Crippen LogP contribution in [0.4, 0.5) is 4.79 Å². The van der Waals surface area contributed by atoms with Crippen LogP contribution in [0, 0.1) is 12.8 Å². The fourth-order valence-corrected chi connectivity index (χ4v) is 2.15. The lowest BCUT2D eigenvalue weighted by Crippen LogP contribution is -2.35. The van der Waals surface area contributed by atoms with Gasteiger partial charge in [0.25, 0.3) is 0 Å². The smallest absolute Gasteiger partial charge is 0.410 e. The van der Waals surface area contributed by atoms with E-state index in [-0.39, 0.29) is 6.09 Å². The maximum absolute atomic E-state index is 12.0. The van der Waals surface area contributed by atoms with Gasteiger partial charge in [-0.25, -0.2) is 14.8 Å². The summed E-state index contributed by atoms with van der Waals surface area (Å²) in [5, 5.41) is 0. The predicted molar refractivity (Wildman–Crippen MR) is 78.2 cm³/mol. The largest absolute Gasteiger partial charge is 0.463 e. The van der Waals surface area contributed by atoms with Crippen LogP contribution >= 0.6 is 0 Å². The van der Waals surface area contributed by atoms with E-state index >= 15 is 0 Å². The van der Waals surface area contributed by atoms with E-state index in [2.05, 4.69) is 9.97 Å². The normalized spacial score (nSPS) is 18.7. The van der Waals surface area contributed by atoms with Gasteiger partial charge >= 0.3 is 12.1 Å². The second kappa shape index (κ2) is 6.28. The first-order valence-electron chi connectivity index (χ1n) is 7.24. The molecule has 0 bridgehead atoms. The summed E-state index contributed by atoms with van der Waals surface area (Å²) >= 11 is 0. The fourth-order valence-electron chi connectivity index (χ4n) is 2.15. The molecule has 116 valence electrons. The maximum Gasteiger partial charge on any atom is 0.410 e. The van der Waals surface area contributed by atoms with Crippen LogP contribution in [0.2, 0.25) is 0 Å². The van der Waals surface area contributed by atoms with Crippen molar-refractivity contribution in [3.8, 4) is 6.01 Å². The Labute approximate surface area is 125 Å². The van der Waals surface area contributed by atoms with Crippen molar-refractivity contribution >= 4 is 6.09 Å². The van der Waals surface area contributed by atoms with Crippen LogP contribution in [0.25, 0.3) is 0 Å². The molecule has 1 aliphatic heterocycles. The summed E-state index contributed by atoms with van der Waals surface area (Å²) in [5.41, 5.74) is 0.419. The summed E-state index contributed by atoms with van der Waals surface area (Å²) in [6.45, 7) is 9.39. The molecule has 1 amide bonds. The zero-order valence-corrected chi connectivity index (χ0v) is 13.1. The third kappa shape index (κ3) is 4.88. The first-order chi connectivity index (χ1) is 9.83. The highest BCUT2D eigenvalue weighted by molar-refractivity contribution is 5.68. The summed E-state index contributed by atoms with van der Waals surface area (Å²) in [5.74, 6) is 0.293. The number of nitrogens with zero attached hydrogens (tertiary/aromatic N) is 3. The molecule has 0 aromatic carbocycles. The van der Waals surface area contributed by atoms with Crippen LogP contribution in [-0.2, 0) is 4.74 Å². The first kappa shape index (κ1) is 15.5. The fraction of sp³-hybridized carbons (Fsp3) is 0.667. The number of hydrogen-bond acceptors (Lipinski definition) is 5. The molecule has 6 nitrogen and oxygen atoms in total. The molecule has 1 fully saturated rings. The molecule has 2 rings (SSSR count). The number of aromatic nitrogens is 2. The van der Waals surface area contributed by atoms with Gasteiger partial charge in [-0.1, -0.05) is 0 Å². The van der Waals surface area contributed by atoms with E-state index in [0.717, 1.165) is 12.1 Å². The highest BCUT2D eigenvalue weighted by Gasteiger charge is 2.30. The van der Waals surface area contributed by atoms with Crippen LogP contribution in [0.3, 0.4) is 0 Å². The number of rotatable bonds is 3. The molecule has 0 saturated carbocycles. The molecule has 0 spiro atoms. The second-order valence-corrected chi connectivity index (χ2v) is 6.37. The second-order valence-electron chi connectivity index (χ2n) is 6.37. The minimum Gasteiger partial charge on any atom is -0.463 e. The molecule has 1 aromatic rings. The zero-order valence-electron chi connectivity index (χ0n) is 13.1. The maximum atomic E-state index is 12.0. The van der Waals surface area contributed by atoms with E-state index in [1.54, 1.807) is 11.1 Å². The minimum atomic E-state index is -0.457. The molecule has 0 radical (unpaired) electrons. The number of likely N-dealkylation sites (tertiary alicyclic amines) is 1. The van der Waals surface area contributed by atoms with Crippen LogP contribution in [0.1, 0.15) is 32.9 Å². The van der Waals surface area contributed by atoms with Gasteiger partial charge in [0.15, 0.2) is 0 Å². The van der Waals surface area contributed by atoms with E-state index in [9.17, 15) is 4.79 Å². The molecule has 0 aliphatic carbocycles. The minimum absolute atomic E-state index is 0.253. The Hall–Kier alpha value is -1.85. The van der Waals surface area contributed by atoms with Crippen molar-refractivity contribution in [1.82, 2.24) is 14.9 Å². The predicted octanol–water partition coefficient (Wildman–Crippen LogP) is 2.42. The van der Waals surface area contributed by atoms with Gasteiger partial charge in [0.1, 0.15) is 5.60 Å². The highest BCUT2D eigenvalue weighted by atomic mass is 16.6. The van der Waals surface area contributed by atoms with E-state index in [1.807, 2.05) is 33.8 Å². The van der Waals surface area contributed by atoms with E-state index in [1.165, 1.54) is 0 Å². The summed E-state index contributed by atoms with van der Waals surface area (Å²) < 4.78 is 11.0. The molecule has 1 saturated heterocycles. The van der Waals surface area contributed by atoms with E-state index in [4.69, 9.17) is 9.47 Å². The van der Waals surface area contributed by atoms with E-state index < -0.39 is 5.60 Å². The van der Waals surface area contributed by atoms with E-state index in [0.29, 0.717) is 31.6 Å². The number of carbonyl (C=O) groups is 1. The quantitative estimate of drug-likeness (QED) is 0.856. The number of hydrogen-bond donors (Lipinski definition) is 0. The molecule has 6 heteroatoms. The van der Waals surface area contributed by atoms with Crippen molar-refractivity contribution in [2.75, 3.05) is 19.7 Å². The van der Waals surface area contributed by atoms with Gasteiger partial charge in [-0.05, 0) is 40.2 Å². The lowest BCUT2D eigenvalue weighted by atomic mass is 10.1. The van der Waals surface area contributed by atoms with Crippen LogP contribution in [0.5, 0.6) is 6.01 Å². The Morgan fingerprint density at radius 1 is 1.48 bits per heavy atom. The molecular formula is C15H23N3O3. The molecule has 0 unspecified atom stereocenters. The lowest BCUT2D eigenvalue weighted by molar-refractivity contribution is 0.0284. The van der Waals surface area contributed by atoms with Crippen molar-refractivity contribution < 1.29 is 14.3 Å². The number of aryl methyl sites for hydroxylation is 1. The third-order valence-corrected chi connectivity index (χ3v) is 3.16. The molecule has 1 aromatic heterocycles. The van der Waals surface area contributed by atoms with Gasteiger partial charge in [-0.2, -0.15) is 0 Å². The average Bonchev–Trinajstić information content (AvgIpc) is 2.83. The van der Waals surface area contributed by atoms with Crippen LogP contribution in [-0.4, -0.2) is 46.3 Å². The Kier molecular flexibility index (Phi) is 4.65. The molecule has 0 N–H and O–H groups in total. The van der Waals surface area contributed by atoms with Crippen LogP contribution < -0.4 is 4.74 Å². The summed E-state index contributed by atoms with van der Waals surface area (Å²) in [7, 11) is 0. The van der Waals surface area contributed by atoms with Crippen molar-refractivity contribution in [3.63, 3.8) is 0 Å². The summed E-state index contributed by atoms with van der Waals surface area (Å²) in [4.78, 5) is 22.0. The summed E-state index contributed by atoms with van der Waals surface area (Å²) in [6.07, 6.45) is 2.33. The Morgan fingerprint density at radius 3 is 2.90 bits per heavy atom. The van der Waals surface area contributed by atoms with Crippen molar-refractivity contribution in [2.45, 2.75) is 39.7 Å². The Bertz CT molecular complexity index is 499. The topological polar surface area (TPSA) is 64.5 Å². The van der Waals surface area contributed by atoms with Crippen molar-refractivity contribution in [2.24, 2.45) is 5.92 Å². The molecule has 1 atom stereocenters. The summed E-state index contributed by atoms with van der Waals surface area (Å²) in [6, 6.07) is 2.22. The average molecular weight is 293 g/mol. The van der Waals surface area contributed by atoms with Crippen molar-refractivity contribution in [1.29, 1.82) is 0 Å². The van der Waals surface area contributed by atoms with Gasteiger partial charge in [-0.15, -0.1) is 0 Å². The van der Waals surface area contributed by atoms with Crippen molar-refractivity contribution in [3.05, 3.63) is 18.0 Å². The molecular weight excluding hydrogens is 270 g/mol. The highest BCUT2D eigenvalue weighted by Crippen LogP contribution is 2.20. The van der Waals surface area contributed by atoms with Gasteiger partial charge in [-0.3, -0.25) is 0 Å². The molecule has 2 heterocycles. The SMILES string of the molecule is Cc1ccnc(OC[C@H]2CCN(C(=O)OC(C)(C)C)C2)n1. The standard InChI is InChI=1S/C15H23N3O3/c1-11-5-7-16-13(17-11)20-10-12-6-8-18(9-12)14(19)21-15(2,3)4/h5,7,12H,6,8-10H2,1-4H3/t12-/m0/s1. The van der Waals surface area contributed by atoms with Crippen LogP contribution in [0.15, 0.2) is 12.3 Å². The number of carbonyl (C=O) groups excluding carboxylic acids is 1. The molecule has 1 aliphatic rings. The Morgan fingerprint density at radius 2 is 2.24 bits per heavy atom. The molecule has 21 heavy (non-hydrogen) atoms. The van der Waals surface area contributed by atoms with Gasteiger partial charge in [0, 0.05) is 30.9 Å². The first-order valence-corrected chi connectivity index (χ1v) is 7.24.